The van der Waals surface area contributed by atoms with Crippen LogP contribution in [0.15, 0.2) is 78.9 Å². The summed E-state index contributed by atoms with van der Waals surface area (Å²) in [5.74, 6) is -0.391. The lowest BCUT2D eigenvalue weighted by Crippen LogP contribution is -2.42. The van der Waals surface area contributed by atoms with Gasteiger partial charge < -0.3 is 21.1 Å². The van der Waals surface area contributed by atoms with Crippen LogP contribution < -0.4 is 16.0 Å². The minimum absolute atomic E-state index is 0.307. The number of hydrogen-bond donors (Lipinski definition) is 4. The normalized spacial score (nSPS) is 14.2. The van der Waals surface area contributed by atoms with Crippen molar-refractivity contribution in [2.24, 2.45) is 0 Å². The van der Waals surface area contributed by atoms with Crippen LogP contribution >= 0.6 is 0 Å². The number of rotatable bonds is 11. The van der Waals surface area contributed by atoms with E-state index < -0.39 is 11.4 Å². The zero-order valence-corrected chi connectivity index (χ0v) is 21.8. The Hall–Kier alpha value is -3.82. The van der Waals surface area contributed by atoms with Gasteiger partial charge in [0, 0.05) is 20.1 Å². The third-order valence-electron chi connectivity index (χ3n) is 7.02. The Morgan fingerprint density at radius 2 is 1.70 bits per heavy atom. The number of benzene rings is 3. The molecule has 4 rings (SSSR count). The molecule has 37 heavy (non-hydrogen) atoms. The van der Waals surface area contributed by atoms with Crippen LogP contribution in [0.1, 0.15) is 55.2 Å². The van der Waals surface area contributed by atoms with E-state index in [0.717, 1.165) is 62.3 Å². The summed E-state index contributed by atoms with van der Waals surface area (Å²) < 4.78 is 0. The van der Waals surface area contributed by atoms with Gasteiger partial charge in [0.15, 0.2) is 0 Å². The van der Waals surface area contributed by atoms with Gasteiger partial charge in [-0.15, -0.1) is 0 Å². The lowest BCUT2D eigenvalue weighted by atomic mass is 9.64. The van der Waals surface area contributed by atoms with E-state index in [9.17, 15) is 15.2 Å². The van der Waals surface area contributed by atoms with Gasteiger partial charge in [0.1, 0.15) is 6.07 Å². The summed E-state index contributed by atoms with van der Waals surface area (Å²) in [6.07, 6.45) is 3.41. The Bertz CT molecular complexity index is 1140. The topological polar surface area (TPSA) is 97.2 Å². The van der Waals surface area contributed by atoms with E-state index in [1.54, 1.807) is 6.07 Å². The Morgan fingerprint density at radius 3 is 2.27 bits per heavy atom. The summed E-state index contributed by atoms with van der Waals surface area (Å²) >= 11 is 0. The fourth-order valence-corrected chi connectivity index (χ4v) is 4.62. The molecule has 6 heteroatoms. The van der Waals surface area contributed by atoms with Crippen LogP contribution in [0.4, 0.5) is 11.4 Å². The van der Waals surface area contributed by atoms with Crippen molar-refractivity contribution in [2.75, 3.05) is 37.3 Å². The first-order valence-corrected chi connectivity index (χ1v) is 13.0. The van der Waals surface area contributed by atoms with Crippen molar-refractivity contribution in [3.8, 4) is 6.07 Å². The standard InChI is InChI=1S/C25H32N4O2.C6H6/c1-18(19-7-3-9-21(15-19)25(24(30)31)11-5-12-25)17-28-13-6-14-29-22-10-4-8-20(16-26)23(22)27-2;1-2-4-6-5-3-1/h3-4,7-10,15,18,27-29H,5-6,11-14,17H2,1-2H3,(H,30,31);1-6H. The van der Waals surface area contributed by atoms with E-state index in [1.807, 2.05) is 67.7 Å². The summed E-state index contributed by atoms with van der Waals surface area (Å²) in [6.45, 7) is 4.70. The van der Waals surface area contributed by atoms with Crippen molar-refractivity contribution < 1.29 is 9.90 Å². The molecule has 1 aliphatic carbocycles. The number of hydrogen-bond acceptors (Lipinski definition) is 5. The number of nitriles is 1. The number of para-hydroxylation sites is 1. The number of carbonyl (C=O) groups is 1. The fraction of sp³-hybridized carbons (Fsp3) is 0.355. The Morgan fingerprint density at radius 1 is 1.03 bits per heavy atom. The first-order valence-electron chi connectivity index (χ1n) is 13.0. The predicted molar refractivity (Wildman–Crippen MR) is 151 cm³/mol. The molecule has 3 aromatic carbocycles. The van der Waals surface area contributed by atoms with E-state index in [1.165, 1.54) is 5.56 Å². The van der Waals surface area contributed by atoms with Crippen molar-refractivity contribution in [3.05, 3.63) is 95.6 Å². The largest absolute Gasteiger partial charge is 0.481 e. The van der Waals surface area contributed by atoms with E-state index in [-0.39, 0.29) is 0 Å². The molecule has 0 radical (unpaired) electrons. The van der Waals surface area contributed by atoms with Crippen molar-refractivity contribution in [3.63, 3.8) is 0 Å². The van der Waals surface area contributed by atoms with Crippen molar-refractivity contribution >= 4 is 17.3 Å². The maximum absolute atomic E-state index is 11.8. The number of aliphatic carboxylic acids is 1. The molecule has 6 nitrogen and oxygen atoms in total. The molecular weight excluding hydrogens is 460 g/mol. The van der Waals surface area contributed by atoms with Crippen molar-refractivity contribution in [2.45, 2.75) is 43.9 Å². The molecule has 0 saturated heterocycles. The van der Waals surface area contributed by atoms with Crippen molar-refractivity contribution in [1.82, 2.24) is 5.32 Å². The van der Waals surface area contributed by atoms with Crippen LogP contribution in [0.25, 0.3) is 0 Å². The molecule has 1 atom stereocenters. The number of nitrogens with one attached hydrogen (secondary N) is 3. The maximum atomic E-state index is 11.8. The molecule has 0 aliphatic heterocycles. The maximum Gasteiger partial charge on any atom is 0.314 e. The predicted octanol–water partition coefficient (Wildman–Crippen LogP) is 5.99. The first kappa shape index (κ1) is 27.8. The Balaban J connectivity index is 0.000000555. The zero-order chi connectivity index (χ0) is 26.5. The first-order chi connectivity index (χ1) is 18.0. The second-order valence-electron chi connectivity index (χ2n) is 9.50. The van der Waals surface area contributed by atoms with Gasteiger partial charge in [-0.2, -0.15) is 5.26 Å². The van der Waals surface area contributed by atoms with Crippen LogP contribution in [0.2, 0.25) is 0 Å². The van der Waals surface area contributed by atoms with Gasteiger partial charge in [0.05, 0.1) is 22.4 Å². The second-order valence-corrected chi connectivity index (χ2v) is 9.50. The highest BCUT2D eigenvalue weighted by Crippen LogP contribution is 2.44. The highest BCUT2D eigenvalue weighted by Gasteiger charge is 2.45. The number of anilines is 2. The van der Waals surface area contributed by atoms with Gasteiger partial charge in [-0.25, -0.2) is 0 Å². The molecule has 0 spiro atoms. The third-order valence-corrected chi connectivity index (χ3v) is 7.02. The Labute approximate surface area is 220 Å². The molecule has 0 amide bonds. The molecule has 4 N–H and O–H groups in total. The number of carboxylic acid groups (broad SMARTS) is 1. The van der Waals surface area contributed by atoms with Crippen LogP contribution in [-0.2, 0) is 10.2 Å². The molecule has 3 aromatic rings. The minimum atomic E-state index is -0.698. The highest BCUT2D eigenvalue weighted by atomic mass is 16.4. The summed E-state index contributed by atoms with van der Waals surface area (Å²) in [7, 11) is 1.82. The average Bonchev–Trinajstić information content (AvgIpc) is 2.91. The SMILES string of the molecule is CNc1c(C#N)cccc1NCCCNCC(C)c1cccc(C2(C(=O)O)CCC2)c1.c1ccccc1. The van der Waals surface area contributed by atoms with Crippen LogP contribution in [0, 0.1) is 11.3 Å². The number of nitrogens with zero attached hydrogens (tertiary/aromatic N) is 1. The molecule has 1 aliphatic rings. The third kappa shape index (κ3) is 7.34. The van der Waals surface area contributed by atoms with Gasteiger partial charge in [-0.3, -0.25) is 4.79 Å². The van der Waals surface area contributed by atoms with E-state index >= 15 is 0 Å². The molecule has 194 valence electrons. The summed E-state index contributed by atoms with van der Waals surface area (Å²) in [5, 5.41) is 28.9. The van der Waals surface area contributed by atoms with Crippen molar-refractivity contribution in [1.29, 1.82) is 5.26 Å². The summed E-state index contributed by atoms with van der Waals surface area (Å²) in [6, 6.07) is 28.0. The molecule has 1 unspecified atom stereocenters. The van der Waals surface area contributed by atoms with E-state index in [0.29, 0.717) is 11.5 Å². The van der Waals surface area contributed by atoms with Crippen LogP contribution in [0.3, 0.4) is 0 Å². The quantitative estimate of drug-likeness (QED) is 0.243. The fourth-order valence-electron chi connectivity index (χ4n) is 4.62. The second kappa shape index (κ2) is 14.1. The summed E-state index contributed by atoms with van der Waals surface area (Å²) in [5.41, 5.74) is 3.85. The molecule has 0 heterocycles. The minimum Gasteiger partial charge on any atom is -0.481 e. The molecule has 1 saturated carbocycles. The number of carboxylic acids is 1. The Kier molecular flexibility index (Phi) is 10.5. The van der Waals surface area contributed by atoms with Gasteiger partial charge in [-0.1, -0.05) is 80.1 Å². The van der Waals surface area contributed by atoms with Gasteiger partial charge in [-0.05, 0) is 55.0 Å². The monoisotopic (exact) mass is 498 g/mol. The highest BCUT2D eigenvalue weighted by molar-refractivity contribution is 5.82. The average molecular weight is 499 g/mol. The molecule has 0 aromatic heterocycles. The van der Waals surface area contributed by atoms with Gasteiger partial charge in [0.25, 0.3) is 0 Å². The lowest BCUT2D eigenvalue weighted by molar-refractivity contribution is -0.147. The lowest BCUT2D eigenvalue weighted by Gasteiger charge is -2.38. The van der Waals surface area contributed by atoms with Crippen LogP contribution in [-0.4, -0.2) is 37.8 Å². The smallest absolute Gasteiger partial charge is 0.314 e. The van der Waals surface area contributed by atoms with E-state index in [4.69, 9.17) is 0 Å². The molecular formula is C31H38N4O2. The summed E-state index contributed by atoms with van der Waals surface area (Å²) in [4.78, 5) is 11.8. The van der Waals surface area contributed by atoms with Gasteiger partial charge >= 0.3 is 5.97 Å². The molecule has 1 fully saturated rings. The van der Waals surface area contributed by atoms with Crippen LogP contribution in [0.5, 0.6) is 0 Å². The van der Waals surface area contributed by atoms with Gasteiger partial charge in [0.2, 0.25) is 0 Å². The molecule has 0 bridgehead atoms. The zero-order valence-electron chi connectivity index (χ0n) is 21.8. The van der Waals surface area contributed by atoms with E-state index in [2.05, 4.69) is 41.1 Å².